The Morgan fingerprint density at radius 2 is 2.08 bits per heavy atom. The van der Waals surface area contributed by atoms with Crippen molar-refractivity contribution in [2.45, 2.75) is 11.7 Å². The number of nitrogens with zero attached hydrogens (tertiary/aromatic N) is 6. The minimum Gasteiger partial charge on any atom is -0.339 e. The van der Waals surface area contributed by atoms with Gasteiger partial charge in [0.2, 0.25) is 11.1 Å². The van der Waals surface area contributed by atoms with Crippen LogP contribution in [0.15, 0.2) is 23.4 Å². The first-order valence-electron chi connectivity index (χ1n) is 7.83. The van der Waals surface area contributed by atoms with Crippen molar-refractivity contribution in [1.82, 2.24) is 30.0 Å². The first-order chi connectivity index (χ1) is 12.0. The molecular weight excluding hydrogens is 367 g/mol. The molecule has 3 rings (SSSR count). The van der Waals surface area contributed by atoms with E-state index in [1.54, 1.807) is 19.2 Å². The summed E-state index contributed by atoms with van der Waals surface area (Å²) in [4.78, 5) is 16.2. The number of halogens is 2. The second-order valence-electron chi connectivity index (χ2n) is 5.73. The molecule has 1 aliphatic heterocycles. The molecule has 0 bridgehead atoms. The molecule has 1 fully saturated rings. The van der Waals surface area contributed by atoms with E-state index in [4.69, 9.17) is 11.6 Å². The maximum Gasteiger partial charge on any atom is 0.233 e. The maximum absolute atomic E-state index is 13.9. The molecule has 10 heteroatoms. The number of tetrazole rings is 1. The zero-order valence-electron chi connectivity index (χ0n) is 13.7. The van der Waals surface area contributed by atoms with Gasteiger partial charge in [0.1, 0.15) is 5.82 Å². The molecule has 0 spiro atoms. The van der Waals surface area contributed by atoms with Crippen molar-refractivity contribution in [2.75, 3.05) is 31.9 Å². The minimum absolute atomic E-state index is 0.0524. The van der Waals surface area contributed by atoms with Crippen molar-refractivity contribution < 1.29 is 9.18 Å². The SMILES string of the molecule is Cn1nnnc1SCC(=O)N1CCN(Cc2c(F)cccc2Cl)CC1. The molecule has 25 heavy (non-hydrogen) atoms. The summed E-state index contributed by atoms with van der Waals surface area (Å²) >= 11 is 7.40. The van der Waals surface area contributed by atoms with E-state index < -0.39 is 0 Å². The van der Waals surface area contributed by atoms with Crippen LogP contribution in [0.5, 0.6) is 0 Å². The molecule has 1 amide bonds. The second kappa shape index (κ2) is 8.11. The molecule has 1 aromatic carbocycles. The van der Waals surface area contributed by atoms with Gasteiger partial charge < -0.3 is 4.90 Å². The third-order valence-corrected chi connectivity index (χ3v) is 5.42. The molecule has 1 saturated heterocycles. The molecule has 2 heterocycles. The third-order valence-electron chi connectivity index (χ3n) is 4.07. The van der Waals surface area contributed by atoms with E-state index in [2.05, 4.69) is 20.4 Å². The van der Waals surface area contributed by atoms with Crippen LogP contribution in [0.4, 0.5) is 4.39 Å². The maximum atomic E-state index is 13.9. The molecule has 0 N–H and O–H groups in total. The molecule has 1 aliphatic rings. The standard InChI is InChI=1S/C15H18ClFN6OS/c1-21-15(18-19-20-21)25-10-14(24)23-7-5-22(6-8-23)9-11-12(16)3-2-4-13(11)17/h2-4H,5-10H2,1H3. The van der Waals surface area contributed by atoms with Gasteiger partial charge in [0.15, 0.2) is 0 Å². The summed E-state index contributed by atoms with van der Waals surface area (Å²) in [5, 5.41) is 12.2. The normalized spacial score (nSPS) is 15.6. The highest BCUT2D eigenvalue weighted by molar-refractivity contribution is 7.99. The highest BCUT2D eigenvalue weighted by Gasteiger charge is 2.23. The van der Waals surface area contributed by atoms with Crippen molar-refractivity contribution in [2.24, 2.45) is 7.05 Å². The number of benzene rings is 1. The van der Waals surface area contributed by atoms with Crippen LogP contribution in [0, 0.1) is 5.82 Å². The fraction of sp³-hybridized carbons (Fsp3) is 0.467. The fourth-order valence-electron chi connectivity index (χ4n) is 2.62. The van der Waals surface area contributed by atoms with Crippen LogP contribution >= 0.6 is 23.4 Å². The number of hydrogen-bond acceptors (Lipinski definition) is 6. The summed E-state index contributed by atoms with van der Waals surface area (Å²) in [7, 11) is 1.74. The van der Waals surface area contributed by atoms with Crippen molar-refractivity contribution in [3.8, 4) is 0 Å². The van der Waals surface area contributed by atoms with Crippen LogP contribution in [-0.4, -0.2) is 67.8 Å². The Bertz CT molecular complexity index is 729. The number of thioether (sulfide) groups is 1. The van der Waals surface area contributed by atoms with E-state index in [1.807, 2.05) is 4.90 Å². The molecule has 0 unspecified atom stereocenters. The number of carbonyl (C=O) groups is 1. The summed E-state index contributed by atoms with van der Waals surface area (Å²) in [5.74, 6) is 0.0594. The first-order valence-corrected chi connectivity index (χ1v) is 9.19. The first kappa shape index (κ1) is 18.1. The molecule has 0 aliphatic carbocycles. The summed E-state index contributed by atoms with van der Waals surface area (Å²) < 4.78 is 15.4. The summed E-state index contributed by atoms with van der Waals surface area (Å²) in [6.45, 7) is 3.05. The van der Waals surface area contributed by atoms with Crippen LogP contribution in [-0.2, 0) is 18.4 Å². The van der Waals surface area contributed by atoms with Crippen LogP contribution in [0.3, 0.4) is 0 Å². The number of amides is 1. The Labute approximate surface area is 154 Å². The summed E-state index contributed by atoms with van der Waals surface area (Å²) in [5.41, 5.74) is 0.509. The van der Waals surface area contributed by atoms with Crippen molar-refractivity contribution in [3.05, 3.63) is 34.6 Å². The smallest absolute Gasteiger partial charge is 0.233 e. The van der Waals surface area contributed by atoms with Crippen molar-refractivity contribution in [1.29, 1.82) is 0 Å². The van der Waals surface area contributed by atoms with Crippen LogP contribution < -0.4 is 0 Å². The summed E-state index contributed by atoms with van der Waals surface area (Å²) in [6.07, 6.45) is 0. The molecule has 7 nitrogen and oxygen atoms in total. The van der Waals surface area contributed by atoms with E-state index in [1.165, 1.54) is 22.5 Å². The van der Waals surface area contributed by atoms with Crippen molar-refractivity contribution >= 4 is 29.3 Å². The molecule has 1 aromatic heterocycles. The van der Waals surface area contributed by atoms with Gasteiger partial charge >= 0.3 is 0 Å². The fourth-order valence-corrected chi connectivity index (χ4v) is 3.60. The third kappa shape index (κ3) is 4.47. The molecule has 2 aromatic rings. The van der Waals surface area contributed by atoms with Gasteiger partial charge in [-0.1, -0.05) is 29.4 Å². The highest BCUT2D eigenvalue weighted by atomic mass is 35.5. The molecular formula is C15H18ClFN6OS. The van der Waals surface area contributed by atoms with E-state index in [9.17, 15) is 9.18 Å². The lowest BCUT2D eigenvalue weighted by Gasteiger charge is -2.34. The summed E-state index contributed by atoms with van der Waals surface area (Å²) in [6, 6.07) is 4.71. The number of carbonyl (C=O) groups excluding carboxylic acids is 1. The highest BCUT2D eigenvalue weighted by Crippen LogP contribution is 2.21. The quantitative estimate of drug-likeness (QED) is 0.727. The predicted octanol–water partition coefficient (Wildman–Crippen LogP) is 1.44. The van der Waals surface area contributed by atoms with Crippen molar-refractivity contribution in [3.63, 3.8) is 0 Å². The van der Waals surface area contributed by atoms with E-state index in [0.29, 0.717) is 54.2 Å². The largest absolute Gasteiger partial charge is 0.339 e. The van der Waals surface area contributed by atoms with Gasteiger partial charge in [-0.15, -0.1) is 5.10 Å². The van der Waals surface area contributed by atoms with E-state index >= 15 is 0 Å². The Hall–Kier alpha value is -1.71. The number of aryl methyl sites for hydroxylation is 1. The van der Waals surface area contributed by atoms with E-state index in [0.717, 1.165) is 0 Å². The Morgan fingerprint density at radius 1 is 1.32 bits per heavy atom. The average Bonchev–Trinajstić information content (AvgIpc) is 3.02. The van der Waals surface area contributed by atoms with Crippen LogP contribution in [0.1, 0.15) is 5.56 Å². The number of aromatic nitrogens is 4. The predicted molar refractivity (Wildman–Crippen MR) is 92.8 cm³/mol. The topological polar surface area (TPSA) is 67.2 Å². The molecule has 0 saturated carbocycles. The lowest BCUT2D eigenvalue weighted by Crippen LogP contribution is -2.48. The zero-order valence-corrected chi connectivity index (χ0v) is 15.3. The van der Waals surface area contributed by atoms with Gasteiger partial charge in [-0.2, -0.15) is 0 Å². The Kier molecular flexibility index (Phi) is 5.87. The van der Waals surface area contributed by atoms with Gasteiger partial charge in [0.25, 0.3) is 0 Å². The minimum atomic E-state index is -0.292. The Balaban J connectivity index is 1.48. The monoisotopic (exact) mass is 384 g/mol. The molecule has 134 valence electrons. The van der Waals surface area contributed by atoms with Gasteiger partial charge in [-0.25, -0.2) is 9.07 Å². The lowest BCUT2D eigenvalue weighted by atomic mass is 10.2. The number of piperazine rings is 1. The average molecular weight is 385 g/mol. The van der Waals surface area contributed by atoms with Crippen LogP contribution in [0.25, 0.3) is 0 Å². The second-order valence-corrected chi connectivity index (χ2v) is 7.08. The number of rotatable bonds is 5. The lowest BCUT2D eigenvalue weighted by molar-refractivity contribution is -0.130. The number of hydrogen-bond donors (Lipinski definition) is 0. The Morgan fingerprint density at radius 3 is 2.72 bits per heavy atom. The van der Waals surface area contributed by atoms with Gasteiger partial charge in [-0.3, -0.25) is 9.69 Å². The van der Waals surface area contributed by atoms with Gasteiger partial charge in [0, 0.05) is 50.4 Å². The van der Waals surface area contributed by atoms with Gasteiger partial charge in [0.05, 0.1) is 5.75 Å². The van der Waals surface area contributed by atoms with E-state index in [-0.39, 0.29) is 11.7 Å². The zero-order chi connectivity index (χ0) is 17.8. The molecule has 0 atom stereocenters. The van der Waals surface area contributed by atoms with Gasteiger partial charge in [-0.05, 0) is 22.6 Å². The molecule has 0 radical (unpaired) electrons. The van der Waals surface area contributed by atoms with Crippen LogP contribution in [0.2, 0.25) is 5.02 Å².